The van der Waals surface area contributed by atoms with Gasteiger partial charge in [0.1, 0.15) is 11.4 Å². The van der Waals surface area contributed by atoms with Gasteiger partial charge in [0, 0.05) is 51.0 Å². The Morgan fingerprint density at radius 2 is 1.95 bits per heavy atom. The highest BCUT2D eigenvalue weighted by Gasteiger charge is 2.38. The summed E-state index contributed by atoms with van der Waals surface area (Å²) in [7, 11) is 1.90. The summed E-state index contributed by atoms with van der Waals surface area (Å²) >= 11 is 0. The van der Waals surface area contributed by atoms with Crippen molar-refractivity contribution in [2.45, 2.75) is 45.6 Å². The van der Waals surface area contributed by atoms with Crippen LogP contribution in [0.5, 0.6) is 0 Å². The van der Waals surface area contributed by atoms with Crippen LogP contribution in [0.15, 0.2) is 0 Å². The summed E-state index contributed by atoms with van der Waals surface area (Å²) in [5, 5.41) is 3.17. The number of anilines is 1. The quantitative estimate of drug-likeness (QED) is 0.897. The van der Waals surface area contributed by atoms with Gasteiger partial charge in [0.15, 0.2) is 5.82 Å². The number of hydrogen-bond acceptors (Lipinski definition) is 5. The average molecular weight is 279 g/mol. The predicted octanol–water partition coefficient (Wildman–Crippen LogP) is 2.43. The largest absolute Gasteiger partial charge is 0.381 e. The number of ether oxygens (including phenoxy) is 2. The molecule has 5 nitrogen and oxygen atoms in total. The Labute approximate surface area is 121 Å². The Morgan fingerprint density at radius 3 is 2.50 bits per heavy atom. The summed E-state index contributed by atoms with van der Waals surface area (Å²) in [6.45, 7) is 8.27. The molecule has 5 heteroatoms. The van der Waals surface area contributed by atoms with Crippen molar-refractivity contribution < 1.29 is 9.47 Å². The molecule has 0 amide bonds. The molecule has 0 saturated carbocycles. The van der Waals surface area contributed by atoms with Crippen LogP contribution >= 0.6 is 0 Å². The SMILES string of the molecule is CCOC1(c2nc(CC)c(C)c(NC)n2)CCOCC1. The third-order valence-corrected chi connectivity index (χ3v) is 3.95. The molecule has 1 aliphatic rings. The number of aromatic nitrogens is 2. The van der Waals surface area contributed by atoms with Crippen LogP contribution in [0.2, 0.25) is 0 Å². The van der Waals surface area contributed by atoms with Crippen LogP contribution in [-0.2, 0) is 21.5 Å². The second-order valence-corrected chi connectivity index (χ2v) is 5.11. The summed E-state index contributed by atoms with van der Waals surface area (Å²) < 4.78 is 11.5. The molecule has 1 saturated heterocycles. The number of rotatable bonds is 5. The first-order valence-electron chi connectivity index (χ1n) is 7.44. The van der Waals surface area contributed by atoms with Gasteiger partial charge in [0.2, 0.25) is 0 Å². The first kappa shape index (κ1) is 15.2. The molecule has 0 spiro atoms. The molecule has 2 rings (SSSR count). The van der Waals surface area contributed by atoms with E-state index in [1.807, 2.05) is 14.0 Å². The van der Waals surface area contributed by atoms with Crippen LogP contribution in [-0.4, -0.2) is 36.8 Å². The van der Waals surface area contributed by atoms with Gasteiger partial charge in [-0.2, -0.15) is 0 Å². The normalized spacial score (nSPS) is 18.0. The second kappa shape index (κ2) is 6.50. The number of nitrogens with zero attached hydrogens (tertiary/aromatic N) is 2. The van der Waals surface area contributed by atoms with E-state index in [2.05, 4.69) is 19.2 Å². The molecule has 0 unspecified atom stereocenters. The first-order chi connectivity index (χ1) is 9.66. The van der Waals surface area contributed by atoms with E-state index in [1.54, 1.807) is 0 Å². The lowest BCUT2D eigenvalue weighted by atomic mass is 9.92. The summed E-state index contributed by atoms with van der Waals surface area (Å²) in [6, 6.07) is 0. The lowest BCUT2D eigenvalue weighted by molar-refractivity contribution is -0.117. The van der Waals surface area contributed by atoms with Gasteiger partial charge in [-0.3, -0.25) is 0 Å². The minimum atomic E-state index is -0.393. The van der Waals surface area contributed by atoms with Crippen molar-refractivity contribution in [2.24, 2.45) is 0 Å². The minimum absolute atomic E-state index is 0.393. The van der Waals surface area contributed by atoms with Crippen molar-refractivity contribution in [3.8, 4) is 0 Å². The highest BCUT2D eigenvalue weighted by molar-refractivity contribution is 5.45. The Bertz CT molecular complexity index is 426. The molecule has 0 aliphatic carbocycles. The molecular weight excluding hydrogens is 254 g/mol. The van der Waals surface area contributed by atoms with Gasteiger partial charge in [-0.15, -0.1) is 0 Å². The molecule has 1 N–H and O–H groups in total. The molecule has 0 atom stereocenters. The van der Waals surface area contributed by atoms with Crippen molar-refractivity contribution in [1.29, 1.82) is 0 Å². The van der Waals surface area contributed by atoms with Crippen molar-refractivity contribution in [3.05, 3.63) is 17.1 Å². The molecule has 0 aromatic carbocycles. The molecule has 112 valence electrons. The topological polar surface area (TPSA) is 56.3 Å². The van der Waals surface area contributed by atoms with Crippen LogP contribution in [0.1, 0.15) is 43.8 Å². The maximum atomic E-state index is 6.06. The van der Waals surface area contributed by atoms with Crippen molar-refractivity contribution in [3.63, 3.8) is 0 Å². The number of nitrogens with one attached hydrogen (secondary N) is 1. The van der Waals surface area contributed by atoms with Gasteiger partial charge >= 0.3 is 0 Å². The highest BCUT2D eigenvalue weighted by atomic mass is 16.5. The van der Waals surface area contributed by atoms with Crippen molar-refractivity contribution >= 4 is 5.82 Å². The Morgan fingerprint density at radius 1 is 1.25 bits per heavy atom. The Hall–Kier alpha value is -1.20. The third kappa shape index (κ3) is 2.79. The zero-order valence-electron chi connectivity index (χ0n) is 13.0. The van der Waals surface area contributed by atoms with E-state index in [9.17, 15) is 0 Å². The van der Waals surface area contributed by atoms with E-state index in [4.69, 9.17) is 19.4 Å². The number of hydrogen-bond donors (Lipinski definition) is 1. The van der Waals surface area contributed by atoms with Crippen LogP contribution in [0.25, 0.3) is 0 Å². The standard InChI is InChI=1S/C15H25N3O2/c1-5-12-11(3)13(16-4)18-14(17-12)15(20-6-2)7-9-19-10-8-15/h5-10H2,1-4H3,(H,16,17,18). The van der Waals surface area contributed by atoms with E-state index >= 15 is 0 Å². The molecule has 2 heterocycles. The molecule has 20 heavy (non-hydrogen) atoms. The van der Waals surface area contributed by atoms with E-state index < -0.39 is 5.60 Å². The predicted molar refractivity (Wildman–Crippen MR) is 79.1 cm³/mol. The van der Waals surface area contributed by atoms with Gasteiger partial charge in [0.05, 0.1) is 0 Å². The summed E-state index contributed by atoms with van der Waals surface area (Å²) in [5.74, 6) is 1.70. The fourth-order valence-corrected chi connectivity index (χ4v) is 2.76. The van der Waals surface area contributed by atoms with Crippen molar-refractivity contribution in [1.82, 2.24) is 9.97 Å². The van der Waals surface area contributed by atoms with Crippen LogP contribution in [0.4, 0.5) is 5.82 Å². The highest BCUT2D eigenvalue weighted by Crippen LogP contribution is 2.35. The van der Waals surface area contributed by atoms with Gasteiger partial charge < -0.3 is 14.8 Å². The van der Waals surface area contributed by atoms with E-state index in [-0.39, 0.29) is 0 Å². The molecular formula is C15H25N3O2. The summed E-state index contributed by atoms with van der Waals surface area (Å²) in [6.07, 6.45) is 2.53. The third-order valence-electron chi connectivity index (χ3n) is 3.95. The fourth-order valence-electron chi connectivity index (χ4n) is 2.76. The second-order valence-electron chi connectivity index (χ2n) is 5.11. The smallest absolute Gasteiger partial charge is 0.163 e. The van der Waals surface area contributed by atoms with Gasteiger partial charge in [-0.1, -0.05) is 6.92 Å². The molecule has 0 bridgehead atoms. The van der Waals surface area contributed by atoms with E-state index in [0.29, 0.717) is 19.8 Å². The van der Waals surface area contributed by atoms with Gasteiger partial charge in [-0.25, -0.2) is 9.97 Å². The van der Waals surface area contributed by atoms with Crippen molar-refractivity contribution in [2.75, 3.05) is 32.2 Å². The molecule has 1 aliphatic heterocycles. The summed E-state index contributed by atoms with van der Waals surface area (Å²) in [5.41, 5.74) is 1.82. The first-order valence-corrected chi connectivity index (χ1v) is 7.44. The van der Waals surface area contributed by atoms with Crippen LogP contribution < -0.4 is 5.32 Å². The molecule has 1 aromatic heterocycles. The molecule has 0 radical (unpaired) electrons. The van der Waals surface area contributed by atoms with Gasteiger partial charge in [-0.05, 0) is 20.3 Å². The van der Waals surface area contributed by atoms with Gasteiger partial charge in [0.25, 0.3) is 0 Å². The molecule has 1 fully saturated rings. The Balaban J connectivity index is 2.47. The Kier molecular flexibility index (Phi) is 4.94. The lowest BCUT2D eigenvalue weighted by Crippen LogP contribution is -2.38. The van der Waals surface area contributed by atoms with E-state index in [1.165, 1.54) is 0 Å². The fraction of sp³-hybridized carbons (Fsp3) is 0.733. The molecule has 1 aromatic rings. The maximum Gasteiger partial charge on any atom is 0.163 e. The number of aryl methyl sites for hydroxylation is 1. The summed E-state index contributed by atoms with van der Waals surface area (Å²) in [4.78, 5) is 9.49. The zero-order valence-corrected chi connectivity index (χ0v) is 13.0. The maximum absolute atomic E-state index is 6.06. The lowest BCUT2D eigenvalue weighted by Gasteiger charge is -2.36. The van der Waals surface area contributed by atoms with Crippen LogP contribution in [0.3, 0.4) is 0 Å². The average Bonchev–Trinajstić information content (AvgIpc) is 2.48. The monoisotopic (exact) mass is 279 g/mol. The minimum Gasteiger partial charge on any atom is -0.381 e. The van der Waals surface area contributed by atoms with E-state index in [0.717, 1.165) is 42.2 Å². The van der Waals surface area contributed by atoms with Crippen LogP contribution in [0, 0.1) is 6.92 Å². The zero-order chi connectivity index (χ0) is 14.6.